The first-order valence-corrected chi connectivity index (χ1v) is 6.48. The highest BCUT2D eigenvalue weighted by atomic mass is 79.9. The highest BCUT2D eigenvalue weighted by molar-refractivity contribution is 9.10. The fraction of sp³-hybridized carbons (Fsp3) is 0.500. The minimum absolute atomic E-state index is 0.00208. The molecule has 0 aliphatic carbocycles. The number of hydrogen-bond acceptors (Lipinski definition) is 2. The first-order chi connectivity index (χ1) is 7.77. The van der Waals surface area contributed by atoms with E-state index in [0.717, 1.165) is 11.0 Å². The first kappa shape index (κ1) is 14.2. The second-order valence-electron chi connectivity index (χ2n) is 5.48. The van der Waals surface area contributed by atoms with Gasteiger partial charge in [0.05, 0.1) is 6.07 Å². The Morgan fingerprint density at radius 3 is 2.47 bits per heavy atom. The maximum atomic E-state index is 8.99. The maximum Gasteiger partial charge on any atom is 0.101 e. The first-order valence-electron chi connectivity index (χ1n) is 5.69. The van der Waals surface area contributed by atoms with E-state index in [1.54, 1.807) is 0 Å². The Bertz CT molecular complexity index is 430. The van der Waals surface area contributed by atoms with E-state index >= 15 is 0 Å². The fourth-order valence-electron chi connectivity index (χ4n) is 1.49. The maximum absolute atomic E-state index is 8.99. The third kappa shape index (κ3) is 4.14. The minimum Gasteiger partial charge on any atom is -0.299 e. The van der Waals surface area contributed by atoms with Crippen molar-refractivity contribution < 1.29 is 0 Å². The van der Waals surface area contributed by atoms with Gasteiger partial charge in [-0.05, 0) is 31.5 Å². The molecule has 92 valence electrons. The summed E-state index contributed by atoms with van der Waals surface area (Å²) in [6.45, 7) is 8.91. The van der Waals surface area contributed by atoms with Crippen LogP contribution in [-0.2, 0) is 5.41 Å². The van der Waals surface area contributed by atoms with Crippen LogP contribution in [0.1, 0.15) is 33.3 Å². The lowest BCUT2D eigenvalue weighted by Gasteiger charge is -2.29. The Balaban J connectivity index is 2.79. The molecule has 0 saturated carbocycles. The molecule has 0 spiro atoms. The third-order valence-electron chi connectivity index (χ3n) is 2.86. The molecule has 1 rings (SSSR count). The molecule has 1 N–H and O–H groups in total. The zero-order valence-electron chi connectivity index (χ0n) is 10.8. The van der Waals surface area contributed by atoms with Gasteiger partial charge in [0.1, 0.15) is 5.54 Å². The lowest BCUT2D eigenvalue weighted by atomic mass is 9.84. The monoisotopic (exact) mass is 294 g/mol. The normalized spacial score (nSPS) is 12.2. The van der Waals surface area contributed by atoms with Crippen LogP contribution in [0.4, 0.5) is 0 Å². The zero-order chi connectivity index (χ0) is 13.1. The standard InChI is InChI=1S/C14H19BrN2/c1-13(2,10-17-14(3,4)9-16)11-6-5-7-12(15)8-11/h5-8,17H,10H2,1-4H3. The van der Waals surface area contributed by atoms with Crippen molar-refractivity contribution in [3.05, 3.63) is 34.3 Å². The molecular formula is C14H19BrN2. The summed E-state index contributed by atoms with van der Waals surface area (Å²) in [5.41, 5.74) is 0.773. The fourth-order valence-corrected chi connectivity index (χ4v) is 1.89. The van der Waals surface area contributed by atoms with E-state index < -0.39 is 5.54 Å². The number of nitrogens with zero attached hydrogens (tertiary/aromatic N) is 1. The van der Waals surface area contributed by atoms with Gasteiger partial charge in [-0.25, -0.2) is 0 Å². The summed E-state index contributed by atoms with van der Waals surface area (Å²) < 4.78 is 1.09. The van der Waals surface area contributed by atoms with Gasteiger partial charge >= 0.3 is 0 Å². The van der Waals surface area contributed by atoms with Gasteiger partial charge in [0.2, 0.25) is 0 Å². The average Bonchev–Trinajstić information content (AvgIpc) is 2.27. The van der Waals surface area contributed by atoms with E-state index in [1.165, 1.54) is 5.56 Å². The van der Waals surface area contributed by atoms with Crippen LogP contribution in [-0.4, -0.2) is 12.1 Å². The molecule has 0 atom stereocenters. The number of hydrogen-bond donors (Lipinski definition) is 1. The quantitative estimate of drug-likeness (QED) is 0.921. The number of nitrogens with one attached hydrogen (secondary N) is 1. The predicted molar refractivity (Wildman–Crippen MR) is 74.9 cm³/mol. The number of rotatable bonds is 4. The second kappa shape index (κ2) is 5.20. The molecule has 17 heavy (non-hydrogen) atoms. The molecule has 0 radical (unpaired) electrons. The molecule has 1 aromatic rings. The van der Waals surface area contributed by atoms with Gasteiger partial charge in [-0.15, -0.1) is 0 Å². The van der Waals surface area contributed by atoms with Crippen LogP contribution in [0.25, 0.3) is 0 Å². The molecule has 0 aromatic heterocycles. The van der Waals surface area contributed by atoms with Gasteiger partial charge in [0.25, 0.3) is 0 Å². The topological polar surface area (TPSA) is 35.8 Å². The molecule has 0 unspecified atom stereocenters. The molecule has 2 nitrogen and oxygen atoms in total. The van der Waals surface area contributed by atoms with Crippen molar-refractivity contribution in [3.63, 3.8) is 0 Å². The van der Waals surface area contributed by atoms with E-state index in [4.69, 9.17) is 5.26 Å². The van der Waals surface area contributed by atoms with E-state index in [9.17, 15) is 0 Å². The van der Waals surface area contributed by atoms with Crippen LogP contribution in [0.2, 0.25) is 0 Å². The molecule has 1 aromatic carbocycles. The van der Waals surface area contributed by atoms with Gasteiger partial charge in [-0.1, -0.05) is 41.9 Å². The molecule has 0 saturated heterocycles. The largest absolute Gasteiger partial charge is 0.299 e. The zero-order valence-corrected chi connectivity index (χ0v) is 12.4. The molecule has 0 aliphatic heterocycles. The average molecular weight is 295 g/mol. The Kier molecular flexibility index (Phi) is 4.35. The van der Waals surface area contributed by atoms with Crippen molar-refractivity contribution in [1.29, 1.82) is 5.26 Å². The second-order valence-corrected chi connectivity index (χ2v) is 6.40. The van der Waals surface area contributed by atoms with Crippen LogP contribution in [0.5, 0.6) is 0 Å². The van der Waals surface area contributed by atoms with Crippen molar-refractivity contribution in [2.45, 2.75) is 38.6 Å². The molecule has 0 amide bonds. The molecule has 0 bridgehead atoms. The number of halogens is 1. The number of benzene rings is 1. The summed E-state index contributed by atoms with van der Waals surface area (Å²) in [6, 6.07) is 10.6. The SMILES string of the molecule is CC(C)(C#N)NCC(C)(C)c1cccc(Br)c1. The Morgan fingerprint density at radius 1 is 1.29 bits per heavy atom. The third-order valence-corrected chi connectivity index (χ3v) is 3.35. The molecule has 0 aliphatic rings. The van der Waals surface area contributed by atoms with Crippen molar-refractivity contribution in [1.82, 2.24) is 5.32 Å². The summed E-state index contributed by atoms with van der Waals surface area (Å²) in [6.07, 6.45) is 0. The lowest BCUT2D eigenvalue weighted by molar-refractivity contribution is 0.397. The summed E-state index contributed by atoms with van der Waals surface area (Å²) in [4.78, 5) is 0. The van der Waals surface area contributed by atoms with Crippen molar-refractivity contribution in [3.8, 4) is 6.07 Å². The smallest absolute Gasteiger partial charge is 0.101 e. The van der Waals surface area contributed by atoms with E-state index in [0.29, 0.717) is 0 Å². The van der Waals surface area contributed by atoms with E-state index in [1.807, 2.05) is 26.0 Å². The summed E-state index contributed by atoms with van der Waals surface area (Å²) in [5.74, 6) is 0. The number of nitriles is 1. The van der Waals surface area contributed by atoms with Crippen molar-refractivity contribution in [2.75, 3.05) is 6.54 Å². The minimum atomic E-state index is -0.483. The highest BCUT2D eigenvalue weighted by Crippen LogP contribution is 2.25. The Morgan fingerprint density at radius 2 is 1.94 bits per heavy atom. The van der Waals surface area contributed by atoms with Crippen LogP contribution in [0.3, 0.4) is 0 Å². The Hall–Kier alpha value is -0.850. The van der Waals surface area contributed by atoms with Crippen LogP contribution >= 0.6 is 15.9 Å². The summed E-state index contributed by atoms with van der Waals surface area (Å²) >= 11 is 3.49. The van der Waals surface area contributed by atoms with Gasteiger partial charge in [0, 0.05) is 16.4 Å². The van der Waals surface area contributed by atoms with Crippen molar-refractivity contribution in [2.24, 2.45) is 0 Å². The lowest BCUT2D eigenvalue weighted by Crippen LogP contribution is -2.44. The van der Waals surface area contributed by atoms with Crippen LogP contribution < -0.4 is 5.32 Å². The van der Waals surface area contributed by atoms with Crippen molar-refractivity contribution >= 4 is 15.9 Å². The molecule has 0 fully saturated rings. The molecule has 3 heteroatoms. The molecular weight excluding hydrogens is 276 g/mol. The summed E-state index contributed by atoms with van der Waals surface area (Å²) in [5, 5.41) is 12.3. The van der Waals surface area contributed by atoms with E-state index in [-0.39, 0.29) is 5.41 Å². The molecule has 0 heterocycles. The predicted octanol–water partition coefficient (Wildman–Crippen LogP) is 3.62. The van der Waals surface area contributed by atoms with Gasteiger partial charge in [-0.3, -0.25) is 5.32 Å². The highest BCUT2D eigenvalue weighted by Gasteiger charge is 2.24. The summed E-state index contributed by atoms with van der Waals surface area (Å²) in [7, 11) is 0. The van der Waals surface area contributed by atoms with Gasteiger partial charge in [-0.2, -0.15) is 5.26 Å². The Labute approximate surface area is 112 Å². The van der Waals surface area contributed by atoms with E-state index in [2.05, 4.69) is 53.3 Å². The van der Waals surface area contributed by atoms with Gasteiger partial charge < -0.3 is 0 Å². The van der Waals surface area contributed by atoms with Gasteiger partial charge in [0.15, 0.2) is 0 Å². The van der Waals surface area contributed by atoms with Crippen LogP contribution in [0.15, 0.2) is 28.7 Å². The van der Waals surface area contributed by atoms with Crippen LogP contribution in [0, 0.1) is 11.3 Å².